The molecule has 0 unspecified atom stereocenters. The lowest BCUT2D eigenvalue weighted by Crippen LogP contribution is -2.13. The maximum absolute atomic E-state index is 6.11. The Labute approximate surface area is 127 Å². The summed E-state index contributed by atoms with van der Waals surface area (Å²) in [5.41, 5.74) is 7.04. The van der Waals surface area contributed by atoms with Gasteiger partial charge in [-0.3, -0.25) is 0 Å². The summed E-state index contributed by atoms with van der Waals surface area (Å²) < 4.78 is 2.14. The monoisotopic (exact) mass is 310 g/mol. The Morgan fingerprint density at radius 3 is 2.40 bits per heavy atom. The van der Waals surface area contributed by atoms with E-state index in [0.29, 0.717) is 21.8 Å². The van der Waals surface area contributed by atoms with Crippen LogP contribution in [0, 0.1) is 0 Å². The van der Waals surface area contributed by atoms with Crippen molar-refractivity contribution in [2.75, 3.05) is 5.73 Å². The van der Waals surface area contributed by atoms with Crippen molar-refractivity contribution in [1.29, 1.82) is 0 Å². The van der Waals surface area contributed by atoms with Gasteiger partial charge < -0.3 is 10.3 Å². The fourth-order valence-corrected chi connectivity index (χ4v) is 3.28. The fraction of sp³-hybridized carbons (Fsp3) is 0.429. The average molecular weight is 311 g/mol. The van der Waals surface area contributed by atoms with Crippen LogP contribution in [0.4, 0.5) is 5.69 Å². The summed E-state index contributed by atoms with van der Waals surface area (Å²) in [5, 5.41) is 9.18. The van der Waals surface area contributed by atoms with Gasteiger partial charge in [0, 0.05) is 11.6 Å². The lowest BCUT2D eigenvalue weighted by Gasteiger charge is -2.24. The van der Waals surface area contributed by atoms with Crippen LogP contribution in [0.5, 0.6) is 0 Å². The van der Waals surface area contributed by atoms with Crippen LogP contribution in [-0.2, 0) is 0 Å². The fourth-order valence-electron chi connectivity index (χ4n) is 2.79. The van der Waals surface area contributed by atoms with E-state index >= 15 is 0 Å². The Hall–Kier alpha value is -1.26. The molecule has 0 saturated heterocycles. The highest BCUT2D eigenvalue weighted by atomic mass is 35.5. The van der Waals surface area contributed by atoms with Crippen LogP contribution in [0.25, 0.3) is 11.4 Å². The van der Waals surface area contributed by atoms with E-state index in [0.717, 1.165) is 11.4 Å². The zero-order valence-electron chi connectivity index (χ0n) is 11.0. The average Bonchev–Trinajstić information content (AvgIpc) is 2.94. The second-order valence-corrected chi connectivity index (χ2v) is 6.02. The Bertz CT molecular complexity index is 594. The number of nitrogens with two attached hydrogens (primary N) is 1. The van der Waals surface area contributed by atoms with Crippen molar-refractivity contribution in [3.63, 3.8) is 0 Å². The van der Waals surface area contributed by atoms with Crippen molar-refractivity contribution in [3.05, 3.63) is 28.5 Å². The molecule has 1 fully saturated rings. The first-order valence-electron chi connectivity index (χ1n) is 6.81. The first-order chi connectivity index (χ1) is 9.66. The summed E-state index contributed by atoms with van der Waals surface area (Å²) in [6, 6.07) is 4.06. The number of hydrogen-bond donors (Lipinski definition) is 1. The maximum Gasteiger partial charge on any atom is 0.164 e. The van der Waals surface area contributed by atoms with E-state index in [4.69, 9.17) is 28.9 Å². The third-order valence-electron chi connectivity index (χ3n) is 3.88. The van der Waals surface area contributed by atoms with Gasteiger partial charge in [0.1, 0.15) is 6.33 Å². The molecule has 6 heteroatoms. The minimum atomic E-state index is 0.404. The quantitative estimate of drug-likeness (QED) is 0.839. The number of anilines is 1. The lowest BCUT2D eigenvalue weighted by molar-refractivity contribution is 0.355. The van der Waals surface area contributed by atoms with E-state index in [-0.39, 0.29) is 0 Å². The van der Waals surface area contributed by atoms with Gasteiger partial charge in [-0.15, -0.1) is 10.2 Å². The van der Waals surface area contributed by atoms with Crippen molar-refractivity contribution in [3.8, 4) is 11.4 Å². The number of nitrogens with zero attached hydrogens (tertiary/aromatic N) is 3. The van der Waals surface area contributed by atoms with Crippen LogP contribution in [0.1, 0.15) is 38.1 Å². The molecule has 0 aliphatic heterocycles. The molecule has 20 heavy (non-hydrogen) atoms. The first kappa shape index (κ1) is 13.7. The van der Waals surface area contributed by atoms with Gasteiger partial charge in [0.15, 0.2) is 5.82 Å². The van der Waals surface area contributed by atoms with E-state index in [1.807, 2.05) is 0 Å². The van der Waals surface area contributed by atoms with E-state index < -0.39 is 0 Å². The molecule has 0 spiro atoms. The van der Waals surface area contributed by atoms with Gasteiger partial charge in [0.05, 0.1) is 15.7 Å². The first-order valence-corrected chi connectivity index (χ1v) is 7.57. The van der Waals surface area contributed by atoms with Crippen LogP contribution in [-0.4, -0.2) is 14.8 Å². The van der Waals surface area contributed by atoms with E-state index in [1.54, 1.807) is 18.5 Å². The van der Waals surface area contributed by atoms with Gasteiger partial charge in [-0.1, -0.05) is 42.5 Å². The molecule has 2 N–H and O–H groups in total. The molecule has 3 rings (SSSR count). The molecule has 2 aromatic rings. The van der Waals surface area contributed by atoms with Crippen molar-refractivity contribution < 1.29 is 0 Å². The second-order valence-electron chi connectivity index (χ2n) is 5.21. The Morgan fingerprint density at radius 2 is 1.75 bits per heavy atom. The van der Waals surface area contributed by atoms with Gasteiger partial charge in [-0.05, 0) is 25.0 Å². The second kappa shape index (κ2) is 5.62. The molecule has 1 aromatic heterocycles. The van der Waals surface area contributed by atoms with Crippen molar-refractivity contribution in [1.82, 2.24) is 14.8 Å². The van der Waals surface area contributed by atoms with Crippen LogP contribution in [0.15, 0.2) is 18.5 Å². The number of halogens is 2. The standard InChI is InChI=1S/C14H16Cl2N4/c15-11-6-9(7-12(16)13(11)17)14-19-18-8-20(14)10-4-2-1-3-5-10/h6-8,10H,1-5,17H2. The predicted molar refractivity (Wildman–Crippen MR) is 82.0 cm³/mol. The Kier molecular flexibility index (Phi) is 3.85. The van der Waals surface area contributed by atoms with E-state index in [1.165, 1.54) is 32.1 Å². The molecule has 106 valence electrons. The SMILES string of the molecule is Nc1c(Cl)cc(-c2nncn2C2CCCCC2)cc1Cl. The highest BCUT2D eigenvalue weighted by Gasteiger charge is 2.20. The molecule has 1 aliphatic carbocycles. The minimum Gasteiger partial charge on any atom is -0.396 e. The number of aromatic nitrogens is 3. The summed E-state index contributed by atoms with van der Waals surface area (Å²) in [7, 11) is 0. The van der Waals surface area contributed by atoms with Crippen LogP contribution in [0.2, 0.25) is 10.0 Å². The predicted octanol–water partition coefficient (Wildman–Crippen LogP) is 4.34. The number of rotatable bonds is 2. The summed E-state index contributed by atoms with van der Waals surface area (Å²) in [6.07, 6.45) is 7.96. The highest BCUT2D eigenvalue weighted by Crippen LogP contribution is 2.35. The molecule has 0 amide bonds. The minimum absolute atomic E-state index is 0.404. The third kappa shape index (κ3) is 2.50. The molecule has 1 aromatic carbocycles. The molecule has 0 bridgehead atoms. The van der Waals surface area contributed by atoms with Gasteiger partial charge in [0.25, 0.3) is 0 Å². The number of benzene rings is 1. The molecule has 1 saturated carbocycles. The molecule has 4 nitrogen and oxygen atoms in total. The van der Waals surface area contributed by atoms with Crippen molar-refractivity contribution >= 4 is 28.9 Å². The van der Waals surface area contributed by atoms with Gasteiger partial charge in [-0.2, -0.15) is 0 Å². The van der Waals surface area contributed by atoms with Crippen LogP contribution in [0.3, 0.4) is 0 Å². The summed E-state index contributed by atoms with van der Waals surface area (Å²) in [5.74, 6) is 0.806. The van der Waals surface area contributed by atoms with Crippen molar-refractivity contribution in [2.24, 2.45) is 0 Å². The Balaban J connectivity index is 2.00. The summed E-state index contributed by atoms with van der Waals surface area (Å²) in [6.45, 7) is 0. The summed E-state index contributed by atoms with van der Waals surface area (Å²) in [4.78, 5) is 0. The lowest BCUT2D eigenvalue weighted by atomic mass is 9.95. The molecular weight excluding hydrogens is 295 g/mol. The van der Waals surface area contributed by atoms with Gasteiger partial charge in [0.2, 0.25) is 0 Å². The largest absolute Gasteiger partial charge is 0.396 e. The van der Waals surface area contributed by atoms with E-state index in [9.17, 15) is 0 Å². The zero-order valence-corrected chi connectivity index (χ0v) is 12.5. The molecule has 1 heterocycles. The third-order valence-corrected chi connectivity index (χ3v) is 4.50. The van der Waals surface area contributed by atoms with Crippen molar-refractivity contribution in [2.45, 2.75) is 38.1 Å². The van der Waals surface area contributed by atoms with Crippen LogP contribution < -0.4 is 5.73 Å². The Morgan fingerprint density at radius 1 is 1.10 bits per heavy atom. The highest BCUT2D eigenvalue weighted by molar-refractivity contribution is 6.39. The zero-order chi connectivity index (χ0) is 14.1. The molecule has 0 radical (unpaired) electrons. The number of hydrogen-bond acceptors (Lipinski definition) is 3. The molecular formula is C14H16Cl2N4. The van der Waals surface area contributed by atoms with Gasteiger partial charge in [-0.25, -0.2) is 0 Å². The molecule has 0 atom stereocenters. The van der Waals surface area contributed by atoms with E-state index in [2.05, 4.69) is 14.8 Å². The topological polar surface area (TPSA) is 56.7 Å². The van der Waals surface area contributed by atoms with Crippen LogP contribution >= 0.6 is 23.2 Å². The number of nitrogen functional groups attached to an aromatic ring is 1. The normalized spacial score (nSPS) is 16.5. The van der Waals surface area contributed by atoms with Gasteiger partial charge >= 0.3 is 0 Å². The maximum atomic E-state index is 6.11. The summed E-state index contributed by atoms with van der Waals surface area (Å²) >= 11 is 12.2. The smallest absolute Gasteiger partial charge is 0.164 e. The molecule has 1 aliphatic rings.